The van der Waals surface area contributed by atoms with E-state index in [1.807, 2.05) is 6.07 Å². The second kappa shape index (κ2) is 6.07. The van der Waals surface area contributed by atoms with Gasteiger partial charge < -0.3 is 16.2 Å². The summed E-state index contributed by atoms with van der Waals surface area (Å²) in [6, 6.07) is 4.59. The minimum atomic E-state index is -0.604. The van der Waals surface area contributed by atoms with Gasteiger partial charge in [0.2, 0.25) is 5.91 Å². The molecule has 0 aliphatic rings. The molecule has 18 heavy (non-hydrogen) atoms. The minimum absolute atomic E-state index is 0. The summed E-state index contributed by atoms with van der Waals surface area (Å²) in [5.74, 6) is -0.265. The highest BCUT2D eigenvalue weighted by Gasteiger charge is 2.17. The molecule has 0 heterocycles. The number of anilines is 1. The van der Waals surface area contributed by atoms with Crippen LogP contribution in [0.1, 0.15) is 33.3 Å². The summed E-state index contributed by atoms with van der Waals surface area (Å²) in [6.45, 7) is 7.80. The third kappa shape index (κ3) is 4.20. The number of nitrogens with one attached hydrogen (secondary N) is 1. The van der Waals surface area contributed by atoms with Crippen molar-refractivity contribution in [3.8, 4) is 5.75 Å². The summed E-state index contributed by atoms with van der Waals surface area (Å²) in [4.78, 5) is 11.5. The Balaban J connectivity index is 0.00000289. The van der Waals surface area contributed by atoms with E-state index in [1.54, 1.807) is 19.1 Å². The van der Waals surface area contributed by atoms with E-state index < -0.39 is 6.04 Å². The quantitative estimate of drug-likeness (QED) is 0.724. The van der Waals surface area contributed by atoms with E-state index in [-0.39, 0.29) is 29.5 Å². The number of phenolic OH excluding ortho intramolecular Hbond substituents is 1. The van der Waals surface area contributed by atoms with E-state index in [1.165, 1.54) is 0 Å². The van der Waals surface area contributed by atoms with Gasteiger partial charge in [0, 0.05) is 0 Å². The highest BCUT2D eigenvalue weighted by molar-refractivity contribution is 5.95. The van der Waals surface area contributed by atoms with Crippen molar-refractivity contribution in [3.05, 3.63) is 23.8 Å². The van der Waals surface area contributed by atoms with E-state index in [9.17, 15) is 9.90 Å². The van der Waals surface area contributed by atoms with E-state index in [0.29, 0.717) is 5.69 Å². The lowest BCUT2D eigenvalue weighted by Crippen LogP contribution is -2.32. The van der Waals surface area contributed by atoms with Crippen LogP contribution in [0, 0.1) is 0 Å². The lowest BCUT2D eigenvalue weighted by atomic mass is 9.87. The maximum Gasteiger partial charge on any atom is 0.241 e. The molecule has 1 aromatic rings. The van der Waals surface area contributed by atoms with Crippen LogP contribution >= 0.6 is 12.4 Å². The zero-order valence-electron chi connectivity index (χ0n) is 11.2. The highest BCUT2D eigenvalue weighted by atomic mass is 35.5. The van der Waals surface area contributed by atoms with Gasteiger partial charge in [-0.1, -0.05) is 26.8 Å². The first-order valence-electron chi connectivity index (χ1n) is 5.62. The molecule has 0 spiro atoms. The molecule has 5 heteroatoms. The predicted molar refractivity (Wildman–Crippen MR) is 76.3 cm³/mol. The molecule has 4 nitrogen and oxygen atoms in total. The van der Waals surface area contributed by atoms with Crippen LogP contribution in [-0.2, 0) is 10.2 Å². The van der Waals surface area contributed by atoms with Crippen LogP contribution in [0.15, 0.2) is 18.2 Å². The predicted octanol–water partition coefficient (Wildman–Crippen LogP) is 2.40. The second-order valence-corrected chi connectivity index (χ2v) is 5.26. The van der Waals surface area contributed by atoms with Gasteiger partial charge in [0.05, 0.1) is 11.7 Å². The zero-order chi connectivity index (χ0) is 13.2. The molecule has 0 radical (unpaired) electrons. The van der Waals surface area contributed by atoms with Gasteiger partial charge in [0.15, 0.2) is 0 Å². The summed E-state index contributed by atoms with van der Waals surface area (Å²) in [7, 11) is 0. The maximum absolute atomic E-state index is 11.5. The fourth-order valence-corrected chi connectivity index (χ4v) is 1.35. The second-order valence-electron chi connectivity index (χ2n) is 5.26. The molecule has 0 bridgehead atoms. The number of amides is 1. The molecule has 0 saturated heterocycles. The van der Waals surface area contributed by atoms with E-state index >= 15 is 0 Å². The number of nitrogens with two attached hydrogens (primary N) is 1. The molecule has 1 aromatic carbocycles. The van der Waals surface area contributed by atoms with Crippen molar-refractivity contribution in [2.75, 3.05) is 5.32 Å². The molecule has 0 fully saturated rings. The Morgan fingerprint density at radius 2 is 1.94 bits per heavy atom. The van der Waals surface area contributed by atoms with Crippen molar-refractivity contribution in [2.45, 2.75) is 39.2 Å². The van der Waals surface area contributed by atoms with Crippen molar-refractivity contribution >= 4 is 24.0 Å². The molecule has 0 aliphatic heterocycles. The minimum Gasteiger partial charge on any atom is -0.506 e. The lowest BCUT2D eigenvalue weighted by molar-refractivity contribution is -0.117. The molecule has 1 unspecified atom stereocenters. The van der Waals surface area contributed by atoms with Gasteiger partial charge in [-0.15, -0.1) is 12.4 Å². The van der Waals surface area contributed by atoms with Gasteiger partial charge in [-0.05, 0) is 30.0 Å². The van der Waals surface area contributed by atoms with Crippen LogP contribution in [-0.4, -0.2) is 17.1 Å². The zero-order valence-corrected chi connectivity index (χ0v) is 12.0. The topological polar surface area (TPSA) is 75.4 Å². The molecule has 0 aliphatic carbocycles. The third-order valence-electron chi connectivity index (χ3n) is 2.53. The van der Waals surface area contributed by atoms with Gasteiger partial charge in [0.25, 0.3) is 0 Å². The first-order chi connectivity index (χ1) is 7.71. The summed E-state index contributed by atoms with van der Waals surface area (Å²) in [6.07, 6.45) is 0. The van der Waals surface area contributed by atoms with Gasteiger partial charge in [-0.3, -0.25) is 4.79 Å². The van der Waals surface area contributed by atoms with Crippen molar-refractivity contribution < 1.29 is 9.90 Å². The van der Waals surface area contributed by atoms with Crippen LogP contribution in [0.5, 0.6) is 5.75 Å². The number of carbonyl (C=O) groups excluding carboxylic acids is 1. The van der Waals surface area contributed by atoms with Gasteiger partial charge in [-0.2, -0.15) is 0 Å². The van der Waals surface area contributed by atoms with Crippen LogP contribution in [0.3, 0.4) is 0 Å². The van der Waals surface area contributed by atoms with E-state index in [2.05, 4.69) is 26.1 Å². The molecular formula is C13H21ClN2O2. The van der Waals surface area contributed by atoms with Crippen molar-refractivity contribution in [2.24, 2.45) is 5.73 Å². The molecule has 0 aromatic heterocycles. The number of carbonyl (C=O) groups is 1. The summed E-state index contributed by atoms with van der Waals surface area (Å²) < 4.78 is 0. The fourth-order valence-electron chi connectivity index (χ4n) is 1.35. The largest absolute Gasteiger partial charge is 0.506 e. The smallest absolute Gasteiger partial charge is 0.241 e. The molecule has 1 amide bonds. The van der Waals surface area contributed by atoms with Crippen molar-refractivity contribution in [1.82, 2.24) is 0 Å². The number of phenols is 1. The average molecular weight is 273 g/mol. The molecule has 102 valence electrons. The van der Waals surface area contributed by atoms with Crippen LogP contribution in [0.25, 0.3) is 0 Å². The normalized spacial score (nSPS) is 12.5. The maximum atomic E-state index is 11.5. The Hall–Kier alpha value is -1.26. The van der Waals surface area contributed by atoms with Crippen LogP contribution in [0.4, 0.5) is 5.69 Å². The summed E-state index contributed by atoms with van der Waals surface area (Å²) in [5, 5.41) is 12.3. The molecule has 1 atom stereocenters. The third-order valence-corrected chi connectivity index (χ3v) is 2.53. The van der Waals surface area contributed by atoms with Gasteiger partial charge in [0.1, 0.15) is 5.75 Å². The molecular weight excluding hydrogens is 252 g/mol. The number of hydrogen-bond donors (Lipinski definition) is 3. The fraction of sp³-hybridized carbons (Fsp3) is 0.462. The number of aromatic hydroxyl groups is 1. The number of benzene rings is 1. The lowest BCUT2D eigenvalue weighted by Gasteiger charge is -2.20. The Morgan fingerprint density at radius 1 is 1.39 bits per heavy atom. The number of rotatable bonds is 2. The van der Waals surface area contributed by atoms with E-state index in [4.69, 9.17) is 5.73 Å². The monoisotopic (exact) mass is 272 g/mol. The Morgan fingerprint density at radius 3 is 2.39 bits per heavy atom. The van der Waals surface area contributed by atoms with Gasteiger partial charge in [-0.25, -0.2) is 0 Å². The highest BCUT2D eigenvalue weighted by Crippen LogP contribution is 2.30. The molecule has 0 saturated carbocycles. The average Bonchev–Trinajstić information content (AvgIpc) is 2.19. The van der Waals surface area contributed by atoms with Crippen molar-refractivity contribution in [1.29, 1.82) is 0 Å². The van der Waals surface area contributed by atoms with Gasteiger partial charge >= 0.3 is 0 Å². The van der Waals surface area contributed by atoms with Crippen molar-refractivity contribution in [3.63, 3.8) is 0 Å². The Kier molecular flexibility index (Phi) is 5.64. The number of hydrogen-bond acceptors (Lipinski definition) is 3. The molecule has 4 N–H and O–H groups in total. The summed E-state index contributed by atoms with van der Waals surface area (Å²) in [5.41, 5.74) is 6.86. The van der Waals surface area contributed by atoms with Crippen LogP contribution in [0.2, 0.25) is 0 Å². The van der Waals surface area contributed by atoms with E-state index in [0.717, 1.165) is 5.56 Å². The summed E-state index contributed by atoms with van der Waals surface area (Å²) >= 11 is 0. The molecule has 1 rings (SSSR count). The number of halogens is 1. The first kappa shape index (κ1) is 16.7. The Labute approximate surface area is 114 Å². The van der Waals surface area contributed by atoms with Crippen LogP contribution < -0.4 is 11.1 Å². The first-order valence-corrected chi connectivity index (χ1v) is 5.62. The standard InChI is InChI=1S/C13H20N2O2.ClH/c1-8(14)12(17)15-10-7-9(13(2,3)4)5-6-11(10)16;/h5-8,16H,14H2,1-4H3,(H,15,17);1H. The SMILES string of the molecule is CC(N)C(=O)Nc1cc(C(C)(C)C)ccc1O.Cl. The Bertz CT molecular complexity index is 425.